The van der Waals surface area contributed by atoms with Gasteiger partial charge in [0.25, 0.3) is 0 Å². The number of nitrogens with zero attached hydrogens (tertiary/aromatic N) is 1. The van der Waals surface area contributed by atoms with Crippen molar-refractivity contribution in [1.82, 2.24) is 20.5 Å². The highest BCUT2D eigenvalue weighted by molar-refractivity contribution is 5.92. The van der Waals surface area contributed by atoms with Crippen molar-refractivity contribution in [2.75, 3.05) is 20.6 Å². The number of H-pyrrole nitrogens is 1. The first-order valence-corrected chi connectivity index (χ1v) is 9.79. The summed E-state index contributed by atoms with van der Waals surface area (Å²) in [5, 5.41) is 6.32. The van der Waals surface area contributed by atoms with E-state index in [0.717, 1.165) is 16.5 Å². The molecule has 0 saturated carbocycles. The largest absolute Gasteiger partial charge is 0.361 e. The predicted molar refractivity (Wildman–Crippen MR) is 113 cm³/mol. The first-order valence-electron chi connectivity index (χ1n) is 9.79. The van der Waals surface area contributed by atoms with Crippen LogP contribution in [0.25, 0.3) is 10.9 Å². The van der Waals surface area contributed by atoms with Gasteiger partial charge in [0.15, 0.2) is 0 Å². The van der Waals surface area contributed by atoms with Crippen molar-refractivity contribution in [3.8, 4) is 0 Å². The first kappa shape index (κ1) is 22.4. The average Bonchev–Trinajstić information content (AvgIpc) is 3.08. The number of aromatic nitrogens is 1. The highest BCUT2D eigenvalue weighted by atomic mass is 16.2. The number of nitrogens with one attached hydrogen (secondary N) is 3. The zero-order valence-electron chi connectivity index (χ0n) is 17.5. The third-order valence-electron chi connectivity index (χ3n) is 4.80. The molecule has 0 bridgehead atoms. The van der Waals surface area contributed by atoms with Crippen LogP contribution in [-0.4, -0.2) is 60.3 Å². The topological polar surface area (TPSA) is 120 Å². The van der Waals surface area contributed by atoms with Gasteiger partial charge in [0.05, 0.1) is 12.6 Å². The fraction of sp³-hybridized carbons (Fsp3) is 0.476. The molecule has 8 nitrogen and oxygen atoms in total. The van der Waals surface area contributed by atoms with E-state index in [-0.39, 0.29) is 24.3 Å². The maximum absolute atomic E-state index is 12.5. The van der Waals surface area contributed by atoms with Crippen molar-refractivity contribution in [2.24, 2.45) is 11.7 Å². The molecule has 2 aromatic rings. The van der Waals surface area contributed by atoms with Crippen LogP contribution in [0, 0.1) is 5.92 Å². The second-order valence-electron chi connectivity index (χ2n) is 7.73. The number of carbonyl (C=O) groups excluding carboxylic acids is 3. The highest BCUT2D eigenvalue weighted by Crippen LogP contribution is 2.19. The van der Waals surface area contributed by atoms with Gasteiger partial charge in [0, 0.05) is 37.6 Å². The van der Waals surface area contributed by atoms with E-state index in [2.05, 4.69) is 15.6 Å². The van der Waals surface area contributed by atoms with Crippen LogP contribution in [0.5, 0.6) is 0 Å². The summed E-state index contributed by atoms with van der Waals surface area (Å²) >= 11 is 0. The van der Waals surface area contributed by atoms with Crippen LogP contribution in [0.4, 0.5) is 0 Å². The van der Waals surface area contributed by atoms with Gasteiger partial charge in [0.2, 0.25) is 17.7 Å². The number of benzene rings is 1. The van der Waals surface area contributed by atoms with Gasteiger partial charge in [-0.15, -0.1) is 0 Å². The summed E-state index contributed by atoms with van der Waals surface area (Å²) < 4.78 is 0. The molecule has 0 aliphatic rings. The fourth-order valence-corrected chi connectivity index (χ4v) is 3.33. The van der Waals surface area contributed by atoms with Crippen molar-refractivity contribution in [1.29, 1.82) is 0 Å². The van der Waals surface area contributed by atoms with Crippen LogP contribution in [0.3, 0.4) is 0 Å². The lowest BCUT2D eigenvalue weighted by Gasteiger charge is -2.23. The van der Waals surface area contributed by atoms with Crippen LogP contribution in [0.15, 0.2) is 30.5 Å². The van der Waals surface area contributed by atoms with Crippen molar-refractivity contribution in [3.63, 3.8) is 0 Å². The number of carbonyl (C=O) groups is 3. The van der Waals surface area contributed by atoms with E-state index in [4.69, 9.17) is 5.73 Å². The maximum Gasteiger partial charge on any atom is 0.242 e. The third-order valence-corrected chi connectivity index (χ3v) is 4.80. The molecule has 0 aliphatic heterocycles. The van der Waals surface area contributed by atoms with Gasteiger partial charge in [-0.3, -0.25) is 14.4 Å². The third kappa shape index (κ3) is 6.05. The molecule has 158 valence electrons. The normalized spacial score (nSPS) is 13.2. The molecule has 29 heavy (non-hydrogen) atoms. The molecule has 1 heterocycles. The molecule has 0 unspecified atom stereocenters. The number of fused-ring (bicyclic) bond motifs is 1. The van der Waals surface area contributed by atoms with Gasteiger partial charge in [-0.05, 0) is 24.0 Å². The average molecular weight is 402 g/mol. The van der Waals surface area contributed by atoms with Gasteiger partial charge < -0.3 is 26.3 Å². The molecule has 8 heteroatoms. The summed E-state index contributed by atoms with van der Waals surface area (Å²) in [7, 11) is 3.06. The molecule has 3 amide bonds. The number of para-hydroxylation sites is 1. The molecule has 1 aromatic carbocycles. The van der Waals surface area contributed by atoms with Crippen LogP contribution < -0.4 is 16.4 Å². The zero-order chi connectivity index (χ0) is 21.6. The van der Waals surface area contributed by atoms with Gasteiger partial charge in [-0.2, -0.15) is 0 Å². The fourth-order valence-electron chi connectivity index (χ4n) is 3.33. The molecule has 1 aromatic heterocycles. The minimum Gasteiger partial charge on any atom is -0.361 e. The smallest absolute Gasteiger partial charge is 0.242 e. The number of nitrogens with two attached hydrogens (primary N) is 1. The van der Waals surface area contributed by atoms with E-state index < -0.39 is 18.0 Å². The van der Waals surface area contributed by atoms with E-state index in [1.807, 2.05) is 44.3 Å². The number of hydrogen-bond acceptors (Lipinski definition) is 4. The predicted octanol–water partition coefficient (Wildman–Crippen LogP) is 0.773. The van der Waals surface area contributed by atoms with Gasteiger partial charge >= 0.3 is 0 Å². The molecule has 0 fully saturated rings. The van der Waals surface area contributed by atoms with E-state index >= 15 is 0 Å². The Bertz CT molecular complexity index is 861. The van der Waals surface area contributed by atoms with Crippen molar-refractivity contribution >= 4 is 28.6 Å². The van der Waals surface area contributed by atoms with Crippen molar-refractivity contribution in [2.45, 2.75) is 38.8 Å². The Morgan fingerprint density at radius 1 is 1.21 bits per heavy atom. The summed E-state index contributed by atoms with van der Waals surface area (Å²) in [6.07, 6.45) is 2.72. The molecule has 5 N–H and O–H groups in total. The maximum atomic E-state index is 12.5. The van der Waals surface area contributed by atoms with Crippen LogP contribution in [0.2, 0.25) is 0 Å². The van der Waals surface area contributed by atoms with Crippen LogP contribution in [0.1, 0.15) is 25.8 Å². The Morgan fingerprint density at radius 2 is 1.90 bits per heavy atom. The van der Waals surface area contributed by atoms with E-state index in [0.29, 0.717) is 12.8 Å². The summed E-state index contributed by atoms with van der Waals surface area (Å²) in [5.74, 6) is -0.716. The number of hydrogen-bond donors (Lipinski definition) is 4. The molecule has 0 radical (unpaired) electrons. The Labute approximate surface area is 171 Å². The minimum absolute atomic E-state index is 0.161. The molecule has 0 aliphatic carbocycles. The SMILES string of the molecule is CNC(=O)[C@H](Cc1c[nH]c2ccccc12)NC(=O)CN(C)C(=O)[C@@H](N)CC(C)C. The Kier molecular flexibility index (Phi) is 7.78. The monoisotopic (exact) mass is 401 g/mol. The van der Waals surface area contributed by atoms with E-state index in [9.17, 15) is 14.4 Å². The standard InChI is InChI=1S/C21H31N5O3/c1-13(2)9-16(22)21(29)26(4)12-19(27)25-18(20(28)23-3)10-14-11-24-17-8-6-5-7-15(14)17/h5-8,11,13,16,18,24H,9-10,12,22H2,1-4H3,(H,23,28)(H,25,27)/t16-,18-/m0/s1. The first-order chi connectivity index (χ1) is 13.7. The van der Waals surface area contributed by atoms with Crippen molar-refractivity contribution < 1.29 is 14.4 Å². The van der Waals surface area contributed by atoms with Crippen molar-refractivity contribution in [3.05, 3.63) is 36.0 Å². The summed E-state index contributed by atoms with van der Waals surface area (Å²) in [6.45, 7) is 3.81. The van der Waals surface area contributed by atoms with Gasteiger partial charge in [0.1, 0.15) is 6.04 Å². The quantitative estimate of drug-likeness (QED) is 0.496. The Balaban J connectivity index is 2.03. The lowest BCUT2D eigenvalue weighted by molar-refractivity contribution is -0.136. The number of rotatable bonds is 9. The van der Waals surface area contributed by atoms with Gasteiger partial charge in [-0.25, -0.2) is 0 Å². The minimum atomic E-state index is -0.750. The molecule has 2 rings (SSSR count). The number of amides is 3. The van der Waals surface area contributed by atoms with Crippen LogP contribution in [-0.2, 0) is 20.8 Å². The molecular formula is C21H31N5O3. The Hall–Kier alpha value is -2.87. The van der Waals surface area contributed by atoms with E-state index in [1.54, 1.807) is 0 Å². The number of likely N-dealkylation sites (N-methyl/N-ethyl adjacent to an activating group) is 2. The molecule has 0 spiro atoms. The van der Waals surface area contributed by atoms with Crippen LogP contribution >= 0.6 is 0 Å². The molecular weight excluding hydrogens is 370 g/mol. The summed E-state index contributed by atoms with van der Waals surface area (Å²) in [5.41, 5.74) is 7.81. The van der Waals surface area contributed by atoms with Gasteiger partial charge in [-0.1, -0.05) is 32.0 Å². The molecule has 0 saturated heterocycles. The second-order valence-corrected chi connectivity index (χ2v) is 7.73. The molecule has 2 atom stereocenters. The Morgan fingerprint density at radius 3 is 2.55 bits per heavy atom. The lowest BCUT2D eigenvalue weighted by atomic mass is 10.0. The summed E-state index contributed by atoms with van der Waals surface area (Å²) in [4.78, 5) is 41.6. The second kappa shape index (κ2) is 10.1. The number of aromatic amines is 1. The van der Waals surface area contributed by atoms with E-state index in [1.165, 1.54) is 19.0 Å². The zero-order valence-corrected chi connectivity index (χ0v) is 17.5. The highest BCUT2D eigenvalue weighted by Gasteiger charge is 2.25. The lowest BCUT2D eigenvalue weighted by Crippen LogP contribution is -2.51. The summed E-state index contributed by atoms with van der Waals surface area (Å²) in [6, 6.07) is 6.37.